The minimum absolute atomic E-state index is 0.143. The topological polar surface area (TPSA) is 66.5 Å². The van der Waals surface area contributed by atoms with Gasteiger partial charge in [-0.25, -0.2) is 4.79 Å². The molecule has 0 bridgehead atoms. The van der Waals surface area contributed by atoms with Crippen molar-refractivity contribution in [1.82, 2.24) is 4.90 Å². The van der Waals surface area contributed by atoms with Crippen molar-refractivity contribution >= 4 is 6.09 Å². The highest BCUT2D eigenvalue weighted by atomic mass is 16.6. The third-order valence-corrected chi connectivity index (χ3v) is 8.75. The van der Waals surface area contributed by atoms with E-state index in [2.05, 4.69) is 0 Å². The smallest absolute Gasteiger partial charge is 0.410 e. The molecule has 1 unspecified atom stereocenters. The average Bonchev–Trinajstić information content (AvgIpc) is 3.19. The number of carbonyl (C=O) groups excluding carboxylic acids is 1. The Morgan fingerprint density at radius 3 is 1.41 bits per heavy atom. The lowest BCUT2D eigenvalue weighted by atomic mass is 9.96. The van der Waals surface area contributed by atoms with Crippen LogP contribution < -0.4 is 0 Å². The number of ether oxygens (including phenoxy) is 5. The summed E-state index contributed by atoms with van der Waals surface area (Å²) < 4.78 is 32.7. The van der Waals surface area contributed by atoms with Gasteiger partial charge in [-0.1, -0.05) is 164 Å². The predicted octanol–water partition coefficient (Wildman–Crippen LogP) is 8.54. The third-order valence-electron chi connectivity index (χ3n) is 8.75. The van der Waals surface area contributed by atoms with E-state index in [0.717, 1.165) is 27.8 Å². The molecule has 0 radical (unpaired) electrons. The fraction of sp³-hybridized carbons (Fsp3) is 0.250. The molecule has 5 aromatic carbocycles. The molecule has 1 aliphatic heterocycles. The van der Waals surface area contributed by atoms with Crippen LogP contribution in [0.2, 0.25) is 0 Å². The van der Waals surface area contributed by atoms with Crippen LogP contribution in [0, 0.1) is 0 Å². The van der Waals surface area contributed by atoms with Crippen molar-refractivity contribution < 1.29 is 28.5 Å². The molecular formula is C44H45NO6. The summed E-state index contributed by atoms with van der Waals surface area (Å²) in [4.78, 5) is 15.8. The number of nitrogens with zero attached hydrogens (tertiary/aromatic N) is 1. The molecule has 0 saturated carbocycles. The lowest BCUT2D eigenvalue weighted by Crippen LogP contribution is -2.58. The van der Waals surface area contributed by atoms with E-state index in [1.54, 1.807) is 4.90 Å². The summed E-state index contributed by atoms with van der Waals surface area (Å²) in [5.74, 6) is 0. The number of carbonyl (C=O) groups is 1. The van der Waals surface area contributed by atoms with Crippen molar-refractivity contribution in [3.8, 4) is 0 Å². The van der Waals surface area contributed by atoms with Crippen molar-refractivity contribution in [2.75, 3.05) is 13.2 Å². The molecule has 51 heavy (non-hydrogen) atoms. The van der Waals surface area contributed by atoms with Crippen LogP contribution in [0.3, 0.4) is 0 Å². The molecule has 7 heteroatoms. The highest BCUT2D eigenvalue weighted by molar-refractivity contribution is 5.68. The second-order valence-electron chi connectivity index (χ2n) is 12.5. The molecular weight excluding hydrogens is 638 g/mol. The monoisotopic (exact) mass is 683 g/mol. The van der Waals surface area contributed by atoms with Gasteiger partial charge in [0.05, 0.1) is 39.1 Å². The number of hydrogen-bond donors (Lipinski definition) is 0. The van der Waals surface area contributed by atoms with Gasteiger partial charge in [0, 0.05) is 6.54 Å². The minimum Gasteiger partial charge on any atom is -0.445 e. The van der Waals surface area contributed by atoms with Gasteiger partial charge < -0.3 is 23.7 Å². The molecule has 1 aliphatic rings. The Labute approximate surface area is 301 Å². The normalized spacial score (nSPS) is 19.5. The summed E-state index contributed by atoms with van der Waals surface area (Å²) in [6, 6.07) is 49.2. The molecule has 5 aromatic rings. The van der Waals surface area contributed by atoms with Gasteiger partial charge in [0.1, 0.15) is 24.9 Å². The fourth-order valence-electron chi connectivity index (χ4n) is 6.05. The fourth-order valence-corrected chi connectivity index (χ4v) is 6.05. The third kappa shape index (κ3) is 11.0. The van der Waals surface area contributed by atoms with Gasteiger partial charge in [0.2, 0.25) is 0 Å². The molecule has 1 heterocycles. The largest absolute Gasteiger partial charge is 0.445 e. The standard InChI is InChI=1S/C44H45NO6/c46-44(51-33-39-25-14-5-15-26-39)45-28-16-27-41(48-30-36-19-8-2-9-20-36)43(50-32-38-23-12-4-13-24-38)42(49-31-37-21-10-3-11-22-37)40(45)34-47-29-35-17-6-1-7-18-35/h1-27,40-43H,28-34H2/b27-16-/t40?,41-,42+,43+/m0/s1. The lowest BCUT2D eigenvalue weighted by Gasteiger charge is -2.42. The highest BCUT2D eigenvalue weighted by Crippen LogP contribution is 2.27. The van der Waals surface area contributed by atoms with Crippen LogP contribution in [-0.4, -0.2) is 48.5 Å². The molecule has 0 saturated heterocycles. The van der Waals surface area contributed by atoms with Gasteiger partial charge in [-0.2, -0.15) is 0 Å². The summed E-state index contributed by atoms with van der Waals surface area (Å²) >= 11 is 0. The summed E-state index contributed by atoms with van der Waals surface area (Å²) in [7, 11) is 0. The van der Waals surface area contributed by atoms with Gasteiger partial charge in [-0.15, -0.1) is 0 Å². The van der Waals surface area contributed by atoms with Gasteiger partial charge in [0.15, 0.2) is 0 Å². The first-order chi connectivity index (χ1) is 25.2. The zero-order valence-electron chi connectivity index (χ0n) is 28.7. The van der Waals surface area contributed by atoms with Crippen LogP contribution in [0.15, 0.2) is 164 Å². The maximum atomic E-state index is 14.1. The highest BCUT2D eigenvalue weighted by Gasteiger charge is 2.42. The molecule has 262 valence electrons. The first-order valence-electron chi connectivity index (χ1n) is 17.4. The Balaban J connectivity index is 1.34. The van der Waals surface area contributed by atoms with Crippen LogP contribution >= 0.6 is 0 Å². The van der Waals surface area contributed by atoms with E-state index < -0.39 is 30.4 Å². The van der Waals surface area contributed by atoms with E-state index in [1.807, 2.05) is 164 Å². The first kappa shape index (κ1) is 35.8. The van der Waals surface area contributed by atoms with Crippen LogP contribution in [0.25, 0.3) is 0 Å². The average molecular weight is 684 g/mol. The molecule has 0 aliphatic carbocycles. The molecule has 1 amide bonds. The van der Waals surface area contributed by atoms with Crippen molar-refractivity contribution in [2.24, 2.45) is 0 Å². The summed E-state index contributed by atoms with van der Waals surface area (Å²) in [5, 5.41) is 0. The number of benzene rings is 5. The molecule has 0 N–H and O–H groups in total. The SMILES string of the molecule is O=C(OCc1ccccc1)N1C/C=C\[C@H](OCc2ccccc2)[C@@H](OCc2ccccc2)[C@H](OCc2ccccc2)C1COCc1ccccc1. The minimum atomic E-state index is -0.667. The van der Waals surface area contributed by atoms with Crippen LogP contribution in [0.4, 0.5) is 4.79 Å². The van der Waals surface area contributed by atoms with E-state index in [0.29, 0.717) is 26.4 Å². The van der Waals surface area contributed by atoms with Gasteiger partial charge >= 0.3 is 6.09 Å². The maximum Gasteiger partial charge on any atom is 0.410 e. The Bertz CT molecular complexity index is 1740. The van der Waals surface area contributed by atoms with Crippen molar-refractivity contribution in [3.05, 3.63) is 192 Å². The van der Waals surface area contributed by atoms with Crippen LogP contribution in [0.5, 0.6) is 0 Å². The number of rotatable bonds is 15. The zero-order chi connectivity index (χ0) is 34.9. The second kappa shape index (κ2) is 19.4. The molecule has 0 aromatic heterocycles. The van der Waals surface area contributed by atoms with E-state index in [-0.39, 0.29) is 19.8 Å². The Morgan fingerprint density at radius 2 is 0.922 bits per heavy atom. The number of hydrogen-bond acceptors (Lipinski definition) is 6. The Kier molecular flexibility index (Phi) is 13.6. The second-order valence-corrected chi connectivity index (χ2v) is 12.5. The summed E-state index contributed by atoms with van der Waals surface area (Å²) in [5.41, 5.74) is 5.00. The van der Waals surface area contributed by atoms with Gasteiger partial charge in [-0.05, 0) is 27.8 Å². The van der Waals surface area contributed by atoms with Gasteiger partial charge in [-0.3, -0.25) is 4.90 Å². The summed E-state index contributed by atoms with van der Waals surface area (Å²) in [6.07, 6.45) is 1.69. The zero-order valence-corrected chi connectivity index (χ0v) is 28.7. The Hall–Kier alpha value is -5.05. The molecule has 0 spiro atoms. The molecule has 4 atom stereocenters. The van der Waals surface area contributed by atoms with E-state index >= 15 is 0 Å². The van der Waals surface area contributed by atoms with E-state index in [9.17, 15) is 4.79 Å². The summed E-state index contributed by atoms with van der Waals surface area (Å²) in [6.45, 7) is 1.97. The van der Waals surface area contributed by atoms with Gasteiger partial charge in [0.25, 0.3) is 0 Å². The van der Waals surface area contributed by atoms with Crippen molar-refractivity contribution in [3.63, 3.8) is 0 Å². The lowest BCUT2D eigenvalue weighted by molar-refractivity contribution is -0.166. The Morgan fingerprint density at radius 1 is 0.510 bits per heavy atom. The van der Waals surface area contributed by atoms with Crippen LogP contribution in [0.1, 0.15) is 27.8 Å². The van der Waals surface area contributed by atoms with E-state index in [1.165, 1.54) is 0 Å². The van der Waals surface area contributed by atoms with Crippen molar-refractivity contribution in [1.29, 1.82) is 0 Å². The molecule has 7 nitrogen and oxygen atoms in total. The van der Waals surface area contributed by atoms with Crippen LogP contribution in [-0.2, 0) is 56.7 Å². The van der Waals surface area contributed by atoms with Crippen molar-refractivity contribution in [2.45, 2.75) is 57.4 Å². The predicted molar refractivity (Wildman–Crippen MR) is 197 cm³/mol. The molecule has 6 rings (SSSR count). The quantitative estimate of drug-likeness (QED) is 0.103. The number of amides is 1. The first-order valence-corrected chi connectivity index (χ1v) is 17.4. The van der Waals surface area contributed by atoms with E-state index in [4.69, 9.17) is 23.7 Å². The maximum absolute atomic E-state index is 14.1. The molecule has 0 fully saturated rings.